The first-order chi connectivity index (χ1) is 11.6. The lowest BCUT2D eigenvalue weighted by Gasteiger charge is -2.12. The van der Waals surface area contributed by atoms with Crippen molar-refractivity contribution in [1.82, 2.24) is 15.6 Å². The third kappa shape index (κ3) is 5.62. The fourth-order valence-corrected chi connectivity index (χ4v) is 3.27. The first-order valence-corrected chi connectivity index (χ1v) is 8.88. The van der Waals surface area contributed by atoms with Crippen LogP contribution >= 0.6 is 11.3 Å². The number of thiazole rings is 1. The molecule has 0 atom stereocenters. The van der Waals surface area contributed by atoms with Crippen molar-refractivity contribution in [2.75, 3.05) is 20.7 Å². The summed E-state index contributed by atoms with van der Waals surface area (Å²) in [6.45, 7) is 6.35. The number of nitrogens with zero attached hydrogens (tertiary/aromatic N) is 2. The van der Waals surface area contributed by atoms with Crippen molar-refractivity contribution < 1.29 is 4.74 Å². The molecule has 0 unspecified atom stereocenters. The summed E-state index contributed by atoms with van der Waals surface area (Å²) in [5.74, 6) is 0.803. The third-order valence-electron chi connectivity index (χ3n) is 3.69. The molecule has 1 aromatic heterocycles. The number of aromatic nitrogens is 1. The lowest BCUT2D eigenvalue weighted by molar-refractivity contribution is 0.185. The van der Waals surface area contributed by atoms with Crippen molar-refractivity contribution in [1.29, 1.82) is 0 Å². The quantitative estimate of drug-likeness (QED) is 0.598. The SMILES string of the molecule is CN=C(NCCc1nc(C)c(C)s1)NCc1cccc(COC)c1. The second-order valence-corrected chi connectivity index (χ2v) is 6.89. The van der Waals surface area contributed by atoms with Gasteiger partial charge in [-0.15, -0.1) is 11.3 Å². The van der Waals surface area contributed by atoms with E-state index in [0.29, 0.717) is 6.61 Å². The van der Waals surface area contributed by atoms with Gasteiger partial charge in [-0.2, -0.15) is 0 Å². The summed E-state index contributed by atoms with van der Waals surface area (Å²) in [7, 11) is 3.50. The van der Waals surface area contributed by atoms with Crippen molar-refractivity contribution in [3.05, 3.63) is 51.0 Å². The summed E-state index contributed by atoms with van der Waals surface area (Å²) >= 11 is 1.77. The van der Waals surface area contributed by atoms with E-state index < -0.39 is 0 Å². The number of rotatable bonds is 7. The van der Waals surface area contributed by atoms with Crippen LogP contribution in [0.25, 0.3) is 0 Å². The van der Waals surface area contributed by atoms with E-state index in [1.165, 1.54) is 21.0 Å². The molecule has 0 bridgehead atoms. The van der Waals surface area contributed by atoms with Crippen LogP contribution in [-0.2, 0) is 24.3 Å². The van der Waals surface area contributed by atoms with E-state index in [9.17, 15) is 0 Å². The molecule has 0 fully saturated rings. The summed E-state index contributed by atoms with van der Waals surface area (Å²) in [6.07, 6.45) is 0.906. The van der Waals surface area contributed by atoms with Gasteiger partial charge in [-0.1, -0.05) is 24.3 Å². The predicted octanol–water partition coefficient (Wildman–Crippen LogP) is 2.81. The van der Waals surface area contributed by atoms with Gasteiger partial charge in [-0.25, -0.2) is 4.98 Å². The number of aliphatic imine (C=N–C) groups is 1. The van der Waals surface area contributed by atoms with Crippen LogP contribution in [0.2, 0.25) is 0 Å². The summed E-state index contributed by atoms with van der Waals surface area (Å²) in [4.78, 5) is 10.1. The zero-order valence-corrected chi connectivity index (χ0v) is 15.7. The van der Waals surface area contributed by atoms with Crippen LogP contribution < -0.4 is 10.6 Å². The summed E-state index contributed by atoms with van der Waals surface area (Å²) in [6, 6.07) is 8.36. The van der Waals surface area contributed by atoms with Crippen LogP contribution in [0, 0.1) is 13.8 Å². The number of methoxy groups -OCH3 is 1. The number of benzene rings is 1. The molecular formula is C18H26N4OS. The van der Waals surface area contributed by atoms with Gasteiger partial charge < -0.3 is 15.4 Å². The number of guanidine groups is 1. The summed E-state index contributed by atoms with van der Waals surface area (Å²) < 4.78 is 5.17. The van der Waals surface area contributed by atoms with Crippen LogP contribution in [0.5, 0.6) is 0 Å². The molecule has 0 aliphatic rings. The van der Waals surface area contributed by atoms with E-state index in [1.54, 1.807) is 25.5 Å². The van der Waals surface area contributed by atoms with Crippen LogP contribution in [0.15, 0.2) is 29.3 Å². The average molecular weight is 347 g/mol. The molecule has 0 saturated carbocycles. The molecule has 0 spiro atoms. The Morgan fingerprint density at radius 1 is 1.25 bits per heavy atom. The number of aryl methyl sites for hydroxylation is 2. The Morgan fingerprint density at radius 2 is 2.04 bits per heavy atom. The molecule has 2 N–H and O–H groups in total. The second-order valence-electron chi connectivity index (χ2n) is 5.60. The van der Waals surface area contributed by atoms with Crippen molar-refractivity contribution in [3.8, 4) is 0 Å². The van der Waals surface area contributed by atoms with E-state index >= 15 is 0 Å². The maximum absolute atomic E-state index is 5.17. The Morgan fingerprint density at radius 3 is 2.71 bits per heavy atom. The monoisotopic (exact) mass is 346 g/mol. The van der Waals surface area contributed by atoms with Crippen molar-refractivity contribution >= 4 is 17.3 Å². The van der Waals surface area contributed by atoms with E-state index in [0.717, 1.165) is 31.2 Å². The number of nitrogens with one attached hydrogen (secondary N) is 2. The average Bonchev–Trinajstić information content (AvgIpc) is 2.89. The van der Waals surface area contributed by atoms with Crippen LogP contribution in [-0.4, -0.2) is 31.6 Å². The van der Waals surface area contributed by atoms with Crippen molar-refractivity contribution in [2.45, 2.75) is 33.4 Å². The van der Waals surface area contributed by atoms with Gasteiger partial charge in [0, 0.05) is 38.5 Å². The molecule has 5 nitrogen and oxygen atoms in total. The minimum Gasteiger partial charge on any atom is -0.380 e. The first kappa shape index (κ1) is 18.4. The molecule has 0 radical (unpaired) electrons. The van der Waals surface area contributed by atoms with Crippen LogP contribution in [0.4, 0.5) is 0 Å². The smallest absolute Gasteiger partial charge is 0.191 e. The zero-order chi connectivity index (χ0) is 17.4. The van der Waals surface area contributed by atoms with Gasteiger partial charge in [0.05, 0.1) is 17.3 Å². The van der Waals surface area contributed by atoms with Gasteiger partial charge in [-0.3, -0.25) is 4.99 Å². The molecular weight excluding hydrogens is 320 g/mol. The largest absolute Gasteiger partial charge is 0.380 e. The highest BCUT2D eigenvalue weighted by Gasteiger charge is 2.04. The minimum atomic E-state index is 0.632. The first-order valence-electron chi connectivity index (χ1n) is 8.06. The normalized spacial score (nSPS) is 11.6. The van der Waals surface area contributed by atoms with Gasteiger partial charge in [0.15, 0.2) is 5.96 Å². The van der Waals surface area contributed by atoms with Gasteiger partial charge in [0.25, 0.3) is 0 Å². The Hall–Kier alpha value is -1.92. The third-order valence-corrected chi connectivity index (χ3v) is 4.82. The van der Waals surface area contributed by atoms with Crippen molar-refractivity contribution in [3.63, 3.8) is 0 Å². The Bertz CT molecular complexity index is 662. The van der Waals surface area contributed by atoms with Crippen LogP contribution in [0.3, 0.4) is 0 Å². The highest BCUT2D eigenvalue weighted by Crippen LogP contribution is 2.16. The molecule has 130 valence electrons. The van der Waals surface area contributed by atoms with Crippen molar-refractivity contribution in [2.24, 2.45) is 4.99 Å². The topological polar surface area (TPSA) is 58.5 Å². The second kappa shape index (κ2) is 9.39. The number of hydrogen-bond donors (Lipinski definition) is 2. The zero-order valence-electron chi connectivity index (χ0n) is 14.8. The molecule has 2 aromatic rings. The molecule has 24 heavy (non-hydrogen) atoms. The molecule has 0 aliphatic carbocycles. The predicted molar refractivity (Wildman–Crippen MR) is 101 cm³/mol. The number of hydrogen-bond acceptors (Lipinski definition) is 4. The Labute approximate surface area is 148 Å². The summed E-state index contributed by atoms with van der Waals surface area (Å²) in [5, 5.41) is 7.84. The standard InChI is InChI=1S/C18H26N4OS/c1-13-14(2)24-17(22-13)8-9-20-18(19-3)21-11-15-6-5-7-16(10-15)12-23-4/h5-7,10H,8-9,11-12H2,1-4H3,(H2,19,20,21). The van der Waals surface area contributed by atoms with E-state index in [-0.39, 0.29) is 0 Å². The Kier molecular flexibility index (Phi) is 7.21. The van der Waals surface area contributed by atoms with E-state index in [2.05, 4.69) is 58.7 Å². The van der Waals surface area contributed by atoms with Gasteiger partial charge >= 0.3 is 0 Å². The molecule has 1 heterocycles. The van der Waals surface area contributed by atoms with E-state index in [1.807, 2.05) is 0 Å². The maximum atomic E-state index is 5.17. The highest BCUT2D eigenvalue weighted by molar-refractivity contribution is 7.11. The molecule has 0 aliphatic heterocycles. The molecule has 0 amide bonds. The Balaban J connectivity index is 1.79. The molecule has 2 rings (SSSR count). The minimum absolute atomic E-state index is 0.632. The lowest BCUT2D eigenvalue weighted by atomic mass is 10.1. The fourth-order valence-electron chi connectivity index (χ4n) is 2.34. The van der Waals surface area contributed by atoms with Gasteiger partial charge in [0.1, 0.15) is 0 Å². The van der Waals surface area contributed by atoms with Gasteiger partial charge in [-0.05, 0) is 25.0 Å². The van der Waals surface area contributed by atoms with Crippen LogP contribution in [0.1, 0.15) is 26.7 Å². The highest BCUT2D eigenvalue weighted by atomic mass is 32.1. The maximum Gasteiger partial charge on any atom is 0.191 e. The lowest BCUT2D eigenvalue weighted by Crippen LogP contribution is -2.37. The van der Waals surface area contributed by atoms with E-state index in [4.69, 9.17) is 4.74 Å². The fraction of sp³-hybridized carbons (Fsp3) is 0.444. The molecule has 1 aromatic carbocycles. The summed E-state index contributed by atoms with van der Waals surface area (Å²) in [5.41, 5.74) is 3.52. The number of ether oxygens (including phenoxy) is 1. The van der Waals surface area contributed by atoms with Gasteiger partial charge in [0.2, 0.25) is 0 Å². The molecule has 0 saturated heterocycles. The molecule has 6 heteroatoms.